The smallest absolute Gasteiger partial charge is 0.355 e. The van der Waals surface area contributed by atoms with E-state index in [4.69, 9.17) is 4.74 Å². The third-order valence-corrected chi connectivity index (χ3v) is 5.69. The molecule has 0 spiro atoms. The van der Waals surface area contributed by atoms with Crippen LogP contribution in [-0.2, 0) is 4.74 Å². The number of benzene rings is 2. The Kier molecular flexibility index (Phi) is 4.52. The third-order valence-electron chi connectivity index (χ3n) is 5.69. The highest BCUT2D eigenvalue weighted by molar-refractivity contribution is 6.01. The number of nitrogens with zero attached hydrogens (tertiary/aromatic N) is 1. The van der Waals surface area contributed by atoms with Gasteiger partial charge in [0, 0.05) is 29.6 Å². The quantitative estimate of drug-likeness (QED) is 0.354. The summed E-state index contributed by atoms with van der Waals surface area (Å²) in [6, 6.07) is 3.70. The topological polar surface area (TPSA) is 95.3 Å². The minimum Gasteiger partial charge on any atom is -0.458 e. The number of rotatable bonds is 2. The summed E-state index contributed by atoms with van der Waals surface area (Å²) in [7, 11) is 1.37. The molecule has 0 unspecified atom stereocenters. The summed E-state index contributed by atoms with van der Waals surface area (Å²) < 4.78 is 59.9. The molecule has 1 aliphatic heterocycles. The molecule has 2 N–H and O–H groups in total. The van der Waals surface area contributed by atoms with Crippen molar-refractivity contribution in [2.24, 2.45) is 0 Å². The van der Waals surface area contributed by atoms with Gasteiger partial charge in [-0.25, -0.2) is 22.4 Å². The summed E-state index contributed by atoms with van der Waals surface area (Å²) in [6.07, 6.45) is 0. The molecule has 168 valence electrons. The lowest BCUT2D eigenvalue weighted by Crippen LogP contribution is -2.39. The number of aromatic amines is 2. The van der Waals surface area contributed by atoms with Crippen LogP contribution < -0.4 is 5.56 Å². The number of H-pyrrole nitrogens is 2. The first-order valence-electron chi connectivity index (χ1n) is 9.62. The number of esters is 1. The summed E-state index contributed by atoms with van der Waals surface area (Å²) in [5, 5.41) is 0.00736. The van der Waals surface area contributed by atoms with Crippen LogP contribution in [-0.4, -0.2) is 40.4 Å². The maximum Gasteiger partial charge on any atom is 0.355 e. The molecule has 2 aromatic carbocycles. The average Bonchev–Trinajstić information content (AvgIpc) is 3.18. The van der Waals surface area contributed by atoms with E-state index in [2.05, 4.69) is 9.97 Å². The van der Waals surface area contributed by atoms with E-state index in [9.17, 15) is 31.9 Å². The van der Waals surface area contributed by atoms with Gasteiger partial charge >= 0.3 is 5.97 Å². The molecule has 1 amide bonds. The largest absolute Gasteiger partial charge is 0.458 e. The molecule has 0 saturated carbocycles. The summed E-state index contributed by atoms with van der Waals surface area (Å²) in [4.78, 5) is 44.0. The predicted molar refractivity (Wildman–Crippen MR) is 108 cm³/mol. The number of likely N-dealkylation sites (N-methyl/N-ethyl adjacent to an activating group) is 1. The normalized spacial score (nSPS) is 15.5. The number of aromatic nitrogens is 2. The van der Waals surface area contributed by atoms with E-state index < -0.39 is 46.7 Å². The highest BCUT2D eigenvalue weighted by atomic mass is 19.2. The Morgan fingerprint density at radius 1 is 0.939 bits per heavy atom. The molecule has 1 aliphatic rings. The zero-order valence-corrected chi connectivity index (χ0v) is 16.8. The Bertz CT molecular complexity index is 1520. The van der Waals surface area contributed by atoms with Crippen molar-refractivity contribution < 1.29 is 31.9 Å². The zero-order valence-electron chi connectivity index (χ0n) is 16.8. The molecule has 0 bridgehead atoms. The second kappa shape index (κ2) is 7.19. The van der Waals surface area contributed by atoms with Gasteiger partial charge in [-0.2, -0.15) is 0 Å². The molecule has 2 aromatic heterocycles. The molecule has 7 nitrogen and oxygen atoms in total. The number of carbonyl (C=O) groups is 2. The lowest BCUT2D eigenvalue weighted by Gasteiger charge is -2.32. The molecule has 4 aromatic rings. The van der Waals surface area contributed by atoms with Crippen LogP contribution in [0.15, 0.2) is 35.1 Å². The van der Waals surface area contributed by atoms with Gasteiger partial charge in [-0.3, -0.25) is 9.59 Å². The Balaban J connectivity index is 1.64. The number of pyridine rings is 1. The molecule has 0 aliphatic carbocycles. The molecule has 5 rings (SSSR count). The van der Waals surface area contributed by atoms with Crippen LogP contribution in [0.2, 0.25) is 0 Å². The Morgan fingerprint density at radius 3 is 2.30 bits per heavy atom. The van der Waals surface area contributed by atoms with Gasteiger partial charge < -0.3 is 19.6 Å². The van der Waals surface area contributed by atoms with E-state index in [0.29, 0.717) is 6.07 Å². The molecule has 3 heterocycles. The fourth-order valence-corrected chi connectivity index (χ4v) is 4.04. The van der Waals surface area contributed by atoms with E-state index in [0.717, 1.165) is 18.2 Å². The van der Waals surface area contributed by atoms with Crippen molar-refractivity contribution in [3.8, 4) is 0 Å². The molecule has 0 saturated heterocycles. The second-order valence-electron chi connectivity index (χ2n) is 7.62. The number of amides is 1. The minimum absolute atomic E-state index is 0.0121. The van der Waals surface area contributed by atoms with E-state index >= 15 is 0 Å². The average molecular weight is 459 g/mol. The summed E-state index contributed by atoms with van der Waals surface area (Å²) in [5.74, 6) is -6.17. The van der Waals surface area contributed by atoms with Gasteiger partial charge in [0.05, 0.1) is 11.4 Å². The van der Waals surface area contributed by atoms with Gasteiger partial charge in [-0.15, -0.1) is 0 Å². The molecule has 0 fully saturated rings. The van der Waals surface area contributed by atoms with Gasteiger partial charge in [0.1, 0.15) is 18.0 Å². The number of halogens is 4. The van der Waals surface area contributed by atoms with Crippen molar-refractivity contribution in [2.45, 2.75) is 6.04 Å². The van der Waals surface area contributed by atoms with Gasteiger partial charge in [0.15, 0.2) is 23.3 Å². The highest BCUT2D eigenvalue weighted by Crippen LogP contribution is 2.34. The first-order valence-corrected chi connectivity index (χ1v) is 9.62. The van der Waals surface area contributed by atoms with Crippen LogP contribution in [0.1, 0.15) is 32.6 Å². The standard InChI is InChI=1S/C22H13F4N3O4/c1-29(21(31)16-3-8-2-11(23)14(26)6-15(8)27-16)17-7-33-22(32)19-18(17)9-4-12(24)13(25)5-10(9)20(30)28-19/h2-6,17,27H,7H2,1H3,(H,28,30)/t17-/m0/s1. The minimum atomic E-state index is -1.25. The number of carbonyl (C=O) groups excluding carboxylic acids is 2. The van der Waals surface area contributed by atoms with Gasteiger partial charge in [0.2, 0.25) is 0 Å². The van der Waals surface area contributed by atoms with Crippen molar-refractivity contribution in [1.29, 1.82) is 0 Å². The number of cyclic esters (lactones) is 1. The third kappa shape index (κ3) is 3.15. The van der Waals surface area contributed by atoms with Crippen molar-refractivity contribution >= 4 is 33.6 Å². The Hall–Kier alpha value is -4.15. The van der Waals surface area contributed by atoms with Crippen LogP contribution in [0.4, 0.5) is 17.6 Å². The first kappa shape index (κ1) is 20.7. The number of hydrogen-bond donors (Lipinski definition) is 2. The zero-order chi connectivity index (χ0) is 23.6. The van der Waals surface area contributed by atoms with Crippen molar-refractivity contribution in [1.82, 2.24) is 14.9 Å². The van der Waals surface area contributed by atoms with Crippen LogP contribution >= 0.6 is 0 Å². The maximum absolute atomic E-state index is 14.0. The molecule has 1 atom stereocenters. The SMILES string of the molecule is CN(C(=O)c1cc2cc(F)c(F)cc2[nH]1)[C@H]1COC(=O)c2[nH]c(=O)c3cc(F)c(F)cc3c21. The lowest BCUT2D eigenvalue weighted by atomic mass is 9.95. The predicted octanol–water partition coefficient (Wildman–Crippen LogP) is 3.55. The summed E-state index contributed by atoms with van der Waals surface area (Å²) in [5.41, 5.74) is -0.844. The number of fused-ring (bicyclic) bond motifs is 4. The number of nitrogens with one attached hydrogen (secondary N) is 2. The molecule has 33 heavy (non-hydrogen) atoms. The molecular formula is C22H13F4N3O4. The van der Waals surface area contributed by atoms with E-state index in [1.807, 2.05) is 0 Å². The fraction of sp³-hybridized carbons (Fsp3) is 0.136. The van der Waals surface area contributed by atoms with Crippen molar-refractivity contribution in [3.63, 3.8) is 0 Å². The molecule has 11 heteroatoms. The van der Waals surface area contributed by atoms with Gasteiger partial charge in [-0.1, -0.05) is 0 Å². The molecular weight excluding hydrogens is 446 g/mol. The Morgan fingerprint density at radius 2 is 1.58 bits per heavy atom. The number of ether oxygens (including phenoxy) is 1. The monoisotopic (exact) mass is 459 g/mol. The maximum atomic E-state index is 14.0. The summed E-state index contributed by atoms with van der Waals surface area (Å²) in [6.45, 7) is -0.322. The fourth-order valence-electron chi connectivity index (χ4n) is 4.04. The van der Waals surface area contributed by atoms with Crippen LogP contribution in [0.25, 0.3) is 21.7 Å². The lowest BCUT2D eigenvalue weighted by molar-refractivity contribution is 0.0281. The van der Waals surface area contributed by atoms with Crippen LogP contribution in [0.3, 0.4) is 0 Å². The van der Waals surface area contributed by atoms with E-state index in [1.165, 1.54) is 18.0 Å². The summed E-state index contributed by atoms with van der Waals surface area (Å²) >= 11 is 0. The van der Waals surface area contributed by atoms with Gasteiger partial charge in [0.25, 0.3) is 11.5 Å². The second-order valence-corrected chi connectivity index (χ2v) is 7.62. The van der Waals surface area contributed by atoms with Crippen molar-refractivity contribution in [3.05, 3.63) is 80.9 Å². The van der Waals surface area contributed by atoms with E-state index in [-0.39, 0.29) is 45.2 Å². The molecule has 0 radical (unpaired) electrons. The van der Waals surface area contributed by atoms with Crippen molar-refractivity contribution in [2.75, 3.05) is 13.7 Å². The highest BCUT2D eigenvalue weighted by Gasteiger charge is 2.36. The van der Waals surface area contributed by atoms with E-state index in [1.54, 1.807) is 0 Å². The Labute approximate surface area is 181 Å². The van der Waals surface area contributed by atoms with Crippen LogP contribution in [0.5, 0.6) is 0 Å². The van der Waals surface area contributed by atoms with Gasteiger partial charge in [-0.05, 0) is 29.7 Å². The van der Waals surface area contributed by atoms with Crippen LogP contribution in [0, 0.1) is 23.3 Å². The number of hydrogen-bond acceptors (Lipinski definition) is 4. The first-order chi connectivity index (χ1) is 15.7.